The van der Waals surface area contributed by atoms with Crippen LogP contribution in [-0.2, 0) is 16.6 Å². The van der Waals surface area contributed by atoms with Gasteiger partial charge < -0.3 is 10.4 Å². The van der Waals surface area contributed by atoms with Crippen LogP contribution in [0.2, 0.25) is 5.02 Å². The van der Waals surface area contributed by atoms with Gasteiger partial charge in [0.2, 0.25) is 10.0 Å². The average Bonchev–Trinajstić information content (AvgIpc) is 2.85. The summed E-state index contributed by atoms with van der Waals surface area (Å²) >= 11 is 5.88. The number of rotatable bonds is 9. The van der Waals surface area contributed by atoms with E-state index in [-0.39, 0.29) is 29.9 Å². The van der Waals surface area contributed by atoms with Crippen LogP contribution in [0.1, 0.15) is 62.4 Å². The van der Waals surface area contributed by atoms with Crippen molar-refractivity contribution in [1.29, 1.82) is 0 Å². The maximum absolute atomic E-state index is 15.2. The molecule has 6 nitrogen and oxygen atoms in total. The molecule has 0 aliphatic heterocycles. The van der Waals surface area contributed by atoms with E-state index in [9.17, 15) is 22.7 Å². The minimum atomic E-state index is -4.30. The first kappa shape index (κ1) is 29.4. The van der Waals surface area contributed by atoms with Crippen LogP contribution in [0.4, 0.5) is 13.2 Å². The number of aliphatic hydroxyl groups is 1. The number of benzene rings is 2. The van der Waals surface area contributed by atoms with Crippen molar-refractivity contribution >= 4 is 27.5 Å². The first-order chi connectivity index (χ1) is 17.3. The number of carbonyl (C=O) groups excluding carboxylic acids is 1. The van der Waals surface area contributed by atoms with Gasteiger partial charge in [0.05, 0.1) is 23.1 Å². The van der Waals surface area contributed by atoms with E-state index in [2.05, 4.69) is 5.32 Å². The van der Waals surface area contributed by atoms with Gasteiger partial charge in [-0.1, -0.05) is 44.4 Å². The monoisotopic (exact) mass is 560 g/mol. The Morgan fingerprint density at radius 3 is 2.35 bits per heavy atom. The molecule has 2 aromatic rings. The molecule has 1 saturated carbocycles. The minimum Gasteiger partial charge on any atom is -0.396 e. The molecule has 11 heteroatoms. The number of sulfonamides is 1. The van der Waals surface area contributed by atoms with Crippen LogP contribution in [0.3, 0.4) is 0 Å². The molecule has 0 heterocycles. The van der Waals surface area contributed by atoms with Crippen LogP contribution < -0.4 is 5.32 Å². The van der Waals surface area contributed by atoms with E-state index >= 15 is 8.78 Å². The Bertz CT molecular complexity index is 1230. The van der Waals surface area contributed by atoms with Gasteiger partial charge in [-0.3, -0.25) is 4.79 Å². The molecule has 3 unspecified atom stereocenters. The van der Waals surface area contributed by atoms with Gasteiger partial charge in [-0.25, -0.2) is 21.6 Å². The number of amides is 1. The predicted molar refractivity (Wildman–Crippen MR) is 135 cm³/mol. The fourth-order valence-electron chi connectivity index (χ4n) is 4.17. The highest BCUT2D eigenvalue weighted by Crippen LogP contribution is 2.33. The Morgan fingerprint density at radius 2 is 1.76 bits per heavy atom. The van der Waals surface area contributed by atoms with E-state index in [1.165, 1.54) is 24.3 Å². The Kier molecular flexibility index (Phi) is 9.32. The van der Waals surface area contributed by atoms with Gasteiger partial charge in [0.1, 0.15) is 6.17 Å². The number of hydrogen-bond acceptors (Lipinski definition) is 4. The van der Waals surface area contributed by atoms with Crippen molar-refractivity contribution in [2.45, 2.75) is 76.2 Å². The first-order valence-electron chi connectivity index (χ1n) is 12.1. The SMILES string of the molecule is CC(NC(=O)c1ccc(CN(C2CCCCC2F)S(=O)(=O)c2ccc(Cl)cc2)c(F)c1F)C(C)(C)CO. The third-order valence-electron chi connectivity index (χ3n) is 7.10. The molecule has 1 aliphatic carbocycles. The quantitative estimate of drug-likeness (QED) is 0.440. The fourth-order valence-corrected chi connectivity index (χ4v) is 5.95. The number of aliphatic hydroxyl groups excluding tert-OH is 1. The lowest BCUT2D eigenvalue weighted by Crippen LogP contribution is -2.46. The summed E-state index contributed by atoms with van der Waals surface area (Å²) < 4.78 is 73.1. The lowest BCUT2D eigenvalue weighted by Gasteiger charge is -2.35. The minimum absolute atomic E-state index is 0.146. The van der Waals surface area contributed by atoms with E-state index in [4.69, 9.17) is 11.6 Å². The molecule has 0 aromatic heterocycles. The molecule has 1 aliphatic rings. The van der Waals surface area contributed by atoms with Crippen molar-refractivity contribution in [1.82, 2.24) is 9.62 Å². The molecule has 0 bridgehead atoms. The maximum atomic E-state index is 15.2. The highest BCUT2D eigenvalue weighted by Gasteiger charge is 2.39. The molecule has 3 rings (SSSR count). The van der Waals surface area contributed by atoms with E-state index in [0.717, 1.165) is 16.4 Å². The molecule has 204 valence electrons. The number of carbonyl (C=O) groups is 1. The molecule has 0 spiro atoms. The molecule has 0 radical (unpaired) electrons. The normalized spacial score (nSPS) is 19.6. The topological polar surface area (TPSA) is 86.7 Å². The summed E-state index contributed by atoms with van der Waals surface area (Å²) in [6, 6.07) is 5.92. The lowest BCUT2D eigenvalue weighted by molar-refractivity contribution is 0.0829. The summed E-state index contributed by atoms with van der Waals surface area (Å²) in [6.45, 7) is 4.19. The second-order valence-electron chi connectivity index (χ2n) is 10.1. The van der Waals surface area contributed by atoms with Gasteiger partial charge >= 0.3 is 0 Å². The fraction of sp³-hybridized carbons (Fsp3) is 0.500. The van der Waals surface area contributed by atoms with E-state index in [1.807, 2.05) is 0 Å². The third kappa shape index (κ3) is 6.47. The summed E-state index contributed by atoms with van der Waals surface area (Å²) in [5.74, 6) is -3.70. The summed E-state index contributed by atoms with van der Waals surface area (Å²) in [7, 11) is -4.30. The van der Waals surface area contributed by atoms with Crippen LogP contribution in [0.25, 0.3) is 0 Å². The molecule has 1 amide bonds. The molecule has 37 heavy (non-hydrogen) atoms. The molecular weight excluding hydrogens is 529 g/mol. The van der Waals surface area contributed by atoms with Crippen LogP contribution in [0.5, 0.6) is 0 Å². The number of nitrogens with zero attached hydrogens (tertiary/aromatic N) is 1. The van der Waals surface area contributed by atoms with Gasteiger partial charge in [0.25, 0.3) is 5.91 Å². The number of hydrogen-bond donors (Lipinski definition) is 2. The van der Waals surface area contributed by atoms with Crippen molar-refractivity contribution in [3.05, 3.63) is 64.2 Å². The number of nitrogens with one attached hydrogen (secondary N) is 1. The lowest BCUT2D eigenvalue weighted by atomic mass is 9.86. The molecule has 3 atom stereocenters. The van der Waals surface area contributed by atoms with Crippen molar-refractivity contribution in [2.75, 3.05) is 6.61 Å². The first-order valence-corrected chi connectivity index (χ1v) is 13.9. The number of alkyl halides is 1. The molecule has 0 saturated heterocycles. The standard InChI is InChI=1S/C26H32ClF3N2O4S/c1-16(26(2,3)15-33)31-25(34)20-13-8-17(23(29)24(20)30)14-32(22-7-5-4-6-21(22)28)37(35,36)19-11-9-18(27)10-12-19/h8-13,16,21-22,33H,4-7,14-15H2,1-3H3,(H,31,34). The van der Waals surface area contributed by atoms with Crippen molar-refractivity contribution in [2.24, 2.45) is 5.41 Å². The Morgan fingerprint density at radius 1 is 1.14 bits per heavy atom. The molecular formula is C26H32ClF3N2O4S. The van der Waals surface area contributed by atoms with Crippen molar-refractivity contribution in [3.63, 3.8) is 0 Å². The van der Waals surface area contributed by atoms with Gasteiger partial charge in [-0.2, -0.15) is 4.31 Å². The zero-order chi connectivity index (χ0) is 27.5. The second kappa shape index (κ2) is 11.7. The van der Waals surface area contributed by atoms with Crippen molar-refractivity contribution in [3.8, 4) is 0 Å². The van der Waals surface area contributed by atoms with Crippen LogP contribution >= 0.6 is 11.6 Å². The predicted octanol–water partition coefficient (Wildman–Crippen LogP) is 5.23. The summed E-state index contributed by atoms with van der Waals surface area (Å²) in [5, 5.41) is 12.3. The highest BCUT2D eigenvalue weighted by molar-refractivity contribution is 7.89. The number of halogens is 4. The zero-order valence-electron chi connectivity index (χ0n) is 21.0. The summed E-state index contributed by atoms with van der Waals surface area (Å²) in [6.07, 6.45) is 0.123. The van der Waals surface area contributed by atoms with Gasteiger partial charge in [-0.15, -0.1) is 0 Å². The zero-order valence-corrected chi connectivity index (χ0v) is 22.6. The van der Waals surface area contributed by atoms with Crippen LogP contribution in [0.15, 0.2) is 41.3 Å². The van der Waals surface area contributed by atoms with Crippen LogP contribution in [0, 0.1) is 17.0 Å². The molecule has 2 N–H and O–H groups in total. The van der Waals surface area contributed by atoms with Crippen molar-refractivity contribution < 1.29 is 31.5 Å². The van der Waals surface area contributed by atoms with Crippen LogP contribution in [-0.4, -0.2) is 48.6 Å². The maximum Gasteiger partial charge on any atom is 0.254 e. The molecule has 1 fully saturated rings. The molecule has 2 aromatic carbocycles. The van der Waals surface area contributed by atoms with Gasteiger partial charge in [0, 0.05) is 28.6 Å². The Labute approximate surface area is 220 Å². The smallest absolute Gasteiger partial charge is 0.254 e. The average molecular weight is 561 g/mol. The van der Waals surface area contributed by atoms with E-state index < -0.39 is 63.3 Å². The second-order valence-corrected chi connectivity index (χ2v) is 12.4. The van der Waals surface area contributed by atoms with Gasteiger partial charge in [0.15, 0.2) is 11.6 Å². The van der Waals surface area contributed by atoms with E-state index in [0.29, 0.717) is 17.9 Å². The summed E-state index contributed by atoms with van der Waals surface area (Å²) in [4.78, 5) is 12.5. The van der Waals surface area contributed by atoms with Gasteiger partial charge in [-0.05, 0) is 50.1 Å². The summed E-state index contributed by atoms with van der Waals surface area (Å²) in [5.41, 5.74) is -1.59. The Balaban J connectivity index is 1.96. The third-order valence-corrected chi connectivity index (χ3v) is 9.24. The Hall–Kier alpha value is -2.14. The van der Waals surface area contributed by atoms with E-state index in [1.54, 1.807) is 20.8 Å². The largest absolute Gasteiger partial charge is 0.396 e. The highest BCUT2D eigenvalue weighted by atomic mass is 35.5.